The topological polar surface area (TPSA) is 57.4 Å². The highest BCUT2D eigenvalue weighted by atomic mass is 16.5. The van der Waals surface area contributed by atoms with Crippen molar-refractivity contribution >= 4 is 16.8 Å². The fourth-order valence-electron chi connectivity index (χ4n) is 4.51. The number of para-hydroxylation sites is 2. The highest BCUT2D eigenvalue weighted by molar-refractivity contribution is 5.83. The second-order valence-corrected chi connectivity index (χ2v) is 8.57. The zero-order valence-corrected chi connectivity index (χ0v) is 18.7. The normalized spacial score (nSPS) is 16.1. The van der Waals surface area contributed by atoms with E-state index in [4.69, 9.17) is 4.74 Å². The van der Waals surface area contributed by atoms with E-state index in [0.29, 0.717) is 19.5 Å². The lowest BCUT2D eigenvalue weighted by molar-refractivity contribution is -0.121. The smallest absolute Gasteiger partial charge is 0.221 e. The number of rotatable bonds is 7. The molecule has 3 aromatic carbocycles. The number of carbonyl (C=O) groups excluding carboxylic acids is 1. The summed E-state index contributed by atoms with van der Waals surface area (Å²) in [7, 11) is 0. The SMILES string of the molecule is O=C(CCN1Cc2ccccc2O[C@@H](c2ccccc2)C1)NCCc1c[nH]c2ccccc12. The molecule has 0 bridgehead atoms. The number of carbonyl (C=O) groups is 1. The summed E-state index contributed by atoms with van der Waals surface area (Å²) in [6.07, 6.45) is 3.27. The largest absolute Gasteiger partial charge is 0.484 e. The first kappa shape index (κ1) is 21.3. The molecule has 1 amide bonds. The lowest BCUT2D eigenvalue weighted by Gasteiger charge is -2.24. The molecule has 0 unspecified atom stereocenters. The minimum atomic E-state index is -0.0558. The van der Waals surface area contributed by atoms with Crippen LogP contribution in [0.25, 0.3) is 10.9 Å². The third-order valence-electron chi connectivity index (χ3n) is 6.28. The van der Waals surface area contributed by atoms with Gasteiger partial charge in [-0.15, -0.1) is 0 Å². The van der Waals surface area contributed by atoms with Crippen LogP contribution < -0.4 is 10.1 Å². The molecule has 4 aromatic rings. The molecule has 5 heteroatoms. The molecule has 33 heavy (non-hydrogen) atoms. The highest BCUT2D eigenvalue weighted by Crippen LogP contribution is 2.31. The zero-order valence-electron chi connectivity index (χ0n) is 18.7. The van der Waals surface area contributed by atoms with Crippen LogP contribution in [0, 0.1) is 0 Å². The van der Waals surface area contributed by atoms with Gasteiger partial charge in [0.25, 0.3) is 0 Å². The summed E-state index contributed by atoms with van der Waals surface area (Å²) in [5, 5.41) is 4.32. The molecule has 0 radical (unpaired) electrons. The summed E-state index contributed by atoms with van der Waals surface area (Å²) in [5.74, 6) is 1.02. The van der Waals surface area contributed by atoms with E-state index in [2.05, 4.69) is 45.5 Å². The number of aromatic amines is 1. The quantitative estimate of drug-likeness (QED) is 0.433. The predicted molar refractivity (Wildman–Crippen MR) is 131 cm³/mol. The number of ether oxygens (including phenoxy) is 1. The van der Waals surface area contributed by atoms with E-state index in [-0.39, 0.29) is 12.0 Å². The van der Waals surface area contributed by atoms with E-state index in [0.717, 1.165) is 41.9 Å². The summed E-state index contributed by atoms with van der Waals surface area (Å²) in [6.45, 7) is 2.86. The average Bonchev–Trinajstić information content (AvgIpc) is 3.16. The standard InChI is InChI=1S/C28H29N3O2/c32-28(29-16-14-22-18-30-25-12-6-5-11-24(22)25)15-17-31-19-23-10-4-7-13-26(23)33-27(20-31)21-8-2-1-3-9-21/h1-13,18,27,30H,14-17,19-20H2,(H,29,32)/t27-/m1/s1. The number of hydrogen-bond acceptors (Lipinski definition) is 3. The fraction of sp³-hybridized carbons (Fsp3) is 0.250. The molecule has 0 saturated carbocycles. The molecule has 0 spiro atoms. The Morgan fingerprint density at radius 2 is 1.79 bits per heavy atom. The molecule has 1 aliphatic rings. The first-order valence-electron chi connectivity index (χ1n) is 11.6. The number of amides is 1. The molecular weight excluding hydrogens is 410 g/mol. The monoisotopic (exact) mass is 439 g/mol. The van der Waals surface area contributed by atoms with Gasteiger partial charge in [-0.05, 0) is 29.7 Å². The lowest BCUT2D eigenvalue weighted by atomic mass is 10.1. The van der Waals surface area contributed by atoms with Gasteiger partial charge in [0.05, 0.1) is 0 Å². The van der Waals surface area contributed by atoms with Gasteiger partial charge in [0, 0.05) is 55.3 Å². The molecular formula is C28H29N3O2. The van der Waals surface area contributed by atoms with Gasteiger partial charge < -0.3 is 15.0 Å². The number of aromatic nitrogens is 1. The fourth-order valence-corrected chi connectivity index (χ4v) is 4.51. The van der Waals surface area contributed by atoms with E-state index in [9.17, 15) is 4.79 Å². The van der Waals surface area contributed by atoms with Crippen molar-refractivity contribution in [1.29, 1.82) is 0 Å². The van der Waals surface area contributed by atoms with Crippen molar-refractivity contribution in [3.05, 3.63) is 102 Å². The second kappa shape index (κ2) is 9.92. The van der Waals surface area contributed by atoms with Crippen molar-refractivity contribution in [1.82, 2.24) is 15.2 Å². The van der Waals surface area contributed by atoms with Crippen molar-refractivity contribution in [2.45, 2.75) is 25.5 Å². The number of fused-ring (bicyclic) bond motifs is 2. The van der Waals surface area contributed by atoms with Crippen molar-refractivity contribution < 1.29 is 9.53 Å². The van der Waals surface area contributed by atoms with Crippen LogP contribution in [0.3, 0.4) is 0 Å². The number of H-pyrrole nitrogens is 1. The van der Waals surface area contributed by atoms with Crippen molar-refractivity contribution in [2.24, 2.45) is 0 Å². The molecule has 1 aliphatic heterocycles. The van der Waals surface area contributed by atoms with Crippen LogP contribution in [0.4, 0.5) is 0 Å². The van der Waals surface area contributed by atoms with Crippen LogP contribution in [0.5, 0.6) is 5.75 Å². The van der Waals surface area contributed by atoms with Gasteiger partial charge in [-0.25, -0.2) is 0 Å². The molecule has 2 heterocycles. The Balaban J connectivity index is 1.18. The molecule has 0 fully saturated rings. The Morgan fingerprint density at radius 3 is 2.70 bits per heavy atom. The summed E-state index contributed by atoms with van der Waals surface area (Å²) < 4.78 is 6.38. The van der Waals surface area contributed by atoms with Crippen LogP contribution in [0.15, 0.2) is 85.1 Å². The Morgan fingerprint density at radius 1 is 1.00 bits per heavy atom. The van der Waals surface area contributed by atoms with Gasteiger partial charge in [-0.3, -0.25) is 9.69 Å². The number of nitrogens with zero attached hydrogens (tertiary/aromatic N) is 1. The predicted octanol–water partition coefficient (Wildman–Crippen LogP) is 4.85. The lowest BCUT2D eigenvalue weighted by Crippen LogP contribution is -2.33. The van der Waals surface area contributed by atoms with Crippen molar-refractivity contribution in [3.63, 3.8) is 0 Å². The maximum Gasteiger partial charge on any atom is 0.221 e. The minimum absolute atomic E-state index is 0.0558. The Hall–Kier alpha value is -3.57. The Bertz CT molecular complexity index is 1220. The third kappa shape index (κ3) is 5.10. The van der Waals surface area contributed by atoms with Gasteiger partial charge >= 0.3 is 0 Å². The Labute approximate surface area is 194 Å². The Kier molecular flexibility index (Phi) is 6.40. The van der Waals surface area contributed by atoms with Crippen LogP contribution in [-0.4, -0.2) is 35.4 Å². The van der Waals surface area contributed by atoms with E-state index in [1.54, 1.807) is 0 Å². The second-order valence-electron chi connectivity index (χ2n) is 8.57. The van der Waals surface area contributed by atoms with Crippen LogP contribution in [0.1, 0.15) is 29.2 Å². The van der Waals surface area contributed by atoms with Crippen LogP contribution in [0.2, 0.25) is 0 Å². The highest BCUT2D eigenvalue weighted by Gasteiger charge is 2.24. The van der Waals surface area contributed by atoms with Crippen LogP contribution in [-0.2, 0) is 17.8 Å². The molecule has 2 N–H and O–H groups in total. The molecule has 168 valence electrons. The first-order chi connectivity index (χ1) is 16.3. The van der Waals surface area contributed by atoms with Crippen molar-refractivity contribution in [3.8, 4) is 5.75 Å². The molecule has 5 nitrogen and oxygen atoms in total. The molecule has 0 saturated heterocycles. The summed E-state index contributed by atoms with van der Waals surface area (Å²) >= 11 is 0. The summed E-state index contributed by atoms with van der Waals surface area (Å²) in [4.78, 5) is 18.2. The van der Waals surface area contributed by atoms with Gasteiger partial charge in [0.2, 0.25) is 5.91 Å². The van der Waals surface area contributed by atoms with Gasteiger partial charge in [0.15, 0.2) is 0 Å². The number of benzene rings is 3. The van der Waals surface area contributed by atoms with Gasteiger partial charge in [-0.1, -0.05) is 66.7 Å². The third-order valence-corrected chi connectivity index (χ3v) is 6.28. The van der Waals surface area contributed by atoms with Gasteiger partial charge in [0.1, 0.15) is 11.9 Å². The zero-order chi connectivity index (χ0) is 22.5. The van der Waals surface area contributed by atoms with E-state index in [1.807, 2.05) is 54.7 Å². The molecule has 5 rings (SSSR count). The first-order valence-corrected chi connectivity index (χ1v) is 11.6. The van der Waals surface area contributed by atoms with E-state index >= 15 is 0 Å². The maximum absolute atomic E-state index is 12.6. The summed E-state index contributed by atoms with van der Waals surface area (Å²) in [5.41, 5.74) is 4.69. The summed E-state index contributed by atoms with van der Waals surface area (Å²) in [6, 6.07) is 26.8. The van der Waals surface area contributed by atoms with E-state index < -0.39 is 0 Å². The maximum atomic E-state index is 12.6. The molecule has 1 aromatic heterocycles. The molecule has 1 atom stereocenters. The van der Waals surface area contributed by atoms with E-state index in [1.165, 1.54) is 10.9 Å². The van der Waals surface area contributed by atoms with Crippen LogP contribution >= 0.6 is 0 Å². The average molecular weight is 440 g/mol. The van der Waals surface area contributed by atoms with Gasteiger partial charge in [-0.2, -0.15) is 0 Å². The minimum Gasteiger partial charge on any atom is -0.484 e. The number of nitrogens with one attached hydrogen (secondary N) is 2. The van der Waals surface area contributed by atoms with Crippen molar-refractivity contribution in [2.75, 3.05) is 19.6 Å². The number of hydrogen-bond donors (Lipinski definition) is 2. The molecule has 0 aliphatic carbocycles.